The van der Waals surface area contributed by atoms with Gasteiger partial charge in [0, 0.05) is 18.7 Å². The van der Waals surface area contributed by atoms with Crippen LogP contribution in [-0.2, 0) is 13.0 Å². The Morgan fingerprint density at radius 1 is 1.50 bits per heavy atom. The summed E-state index contributed by atoms with van der Waals surface area (Å²) in [7, 11) is 0. The van der Waals surface area contributed by atoms with Crippen LogP contribution in [0.1, 0.15) is 39.4 Å². The molecular weight excluding hydrogens is 246 g/mol. The Balaban J connectivity index is 2.18. The van der Waals surface area contributed by atoms with E-state index in [2.05, 4.69) is 30.9 Å². The van der Waals surface area contributed by atoms with E-state index in [0.717, 1.165) is 36.7 Å². The third-order valence-electron chi connectivity index (χ3n) is 4.05. The van der Waals surface area contributed by atoms with Crippen LogP contribution in [0.5, 0.6) is 0 Å². The van der Waals surface area contributed by atoms with E-state index in [1.54, 1.807) is 6.33 Å². The van der Waals surface area contributed by atoms with E-state index < -0.39 is 5.60 Å². The largest absolute Gasteiger partial charge is 0.388 e. The molecule has 1 aliphatic rings. The third kappa shape index (κ3) is 2.57. The highest BCUT2D eigenvalue weighted by atomic mass is 32.2. The van der Waals surface area contributed by atoms with Crippen LogP contribution in [0.25, 0.3) is 0 Å². The van der Waals surface area contributed by atoms with E-state index in [9.17, 15) is 5.11 Å². The molecule has 1 N–H and O–H groups in total. The Morgan fingerprint density at radius 3 is 2.94 bits per heavy atom. The van der Waals surface area contributed by atoms with Gasteiger partial charge in [0.2, 0.25) is 0 Å². The molecule has 1 saturated heterocycles. The van der Waals surface area contributed by atoms with Crippen molar-refractivity contribution in [3.05, 3.63) is 12.2 Å². The number of rotatable bonds is 4. The van der Waals surface area contributed by atoms with Crippen molar-refractivity contribution in [3.8, 4) is 0 Å². The lowest BCUT2D eigenvalue weighted by Crippen LogP contribution is -2.52. The first-order chi connectivity index (χ1) is 8.48. The summed E-state index contributed by atoms with van der Waals surface area (Å²) < 4.78 is 1.92. The molecule has 2 heterocycles. The number of aromatic nitrogens is 3. The number of hydrogen-bond donors (Lipinski definition) is 1. The fraction of sp³-hybridized carbons (Fsp3) is 0.846. The van der Waals surface area contributed by atoms with Crippen molar-refractivity contribution in [2.24, 2.45) is 5.41 Å². The van der Waals surface area contributed by atoms with Crippen molar-refractivity contribution in [3.63, 3.8) is 0 Å². The van der Waals surface area contributed by atoms with Crippen LogP contribution in [-0.4, -0.2) is 37.0 Å². The second-order valence-electron chi connectivity index (χ2n) is 5.79. The maximum absolute atomic E-state index is 11.0. The highest BCUT2D eigenvalue weighted by Crippen LogP contribution is 2.43. The van der Waals surface area contributed by atoms with Gasteiger partial charge in [0.15, 0.2) is 0 Å². The van der Waals surface area contributed by atoms with Crippen molar-refractivity contribution < 1.29 is 5.11 Å². The molecule has 0 amide bonds. The van der Waals surface area contributed by atoms with Crippen molar-refractivity contribution >= 4 is 11.8 Å². The Morgan fingerprint density at radius 2 is 2.28 bits per heavy atom. The molecule has 0 bridgehead atoms. The molecule has 2 rings (SSSR count). The van der Waals surface area contributed by atoms with Crippen molar-refractivity contribution in [2.75, 3.05) is 11.5 Å². The summed E-state index contributed by atoms with van der Waals surface area (Å²) in [5.74, 6) is 2.84. The van der Waals surface area contributed by atoms with Crippen LogP contribution < -0.4 is 0 Å². The fourth-order valence-electron chi connectivity index (χ4n) is 2.37. The van der Waals surface area contributed by atoms with Gasteiger partial charge >= 0.3 is 0 Å². The molecule has 1 atom stereocenters. The second kappa shape index (κ2) is 5.21. The van der Waals surface area contributed by atoms with Crippen molar-refractivity contribution in [1.82, 2.24) is 14.8 Å². The molecule has 1 aliphatic heterocycles. The molecule has 1 aromatic heterocycles. The third-order valence-corrected chi connectivity index (χ3v) is 5.23. The number of aryl methyl sites for hydroxylation is 1. The van der Waals surface area contributed by atoms with E-state index in [-0.39, 0.29) is 5.41 Å². The Bertz CT molecular complexity index is 405. The number of hydrogen-bond acceptors (Lipinski definition) is 4. The minimum Gasteiger partial charge on any atom is -0.388 e. The Kier molecular flexibility index (Phi) is 4.02. The van der Waals surface area contributed by atoms with Gasteiger partial charge in [-0.05, 0) is 24.0 Å². The number of nitrogens with zero attached hydrogens (tertiary/aromatic N) is 3. The topological polar surface area (TPSA) is 50.9 Å². The minimum atomic E-state index is -0.672. The summed E-state index contributed by atoms with van der Waals surface area (Å²) in [5.41, 5.74) is -0.727. The van der Waals surface area contributed by atoms with Crippen molar-refractivity contribution in [1.29, 1.82) is 0 Å². The lowest BCUT2D eigenvalue weighted by molar-refractivity contribution is -0.0533. The molecule has 1 fully saturated rings. The Hall–Kier alpha value is -0.550. The van der Waals surface area contributed by atoms with Crippen LogP contribution in [0.2, 0.25) is 0 Å². The van der Waals surface area contributed by atoms with E-state index in [1.807, 2.05) is 16.4 Å². The van der Waals surface area contributed by atoms with Crippen LogP contribution in [0, 0.1) is 5.41 Å². The molecule has 1 unspecified atom stereocenters. The van der Waals surface area contributed by atoms with E-state index in [0.29, 0.717) is 6.42 Å². The zero-order valence-electron chi connectivity index (χ0n) is 11.5. The molecule has 0 aliphatic carbocycles. The highest BCUT2D eigenvalue weighted by molar-refractivity contribution is 7.99. The van der Waals surface area contributed by atoms with Gasteiger partial charge in [-0.25, -0.2) is 4.98 Å². The van der Waals surface area contributed by atoms with Gasteiger partial charge in [-0.2, -0.15) is 16.9 Å². The maximum atomic E-state index is 11.0. The molecule has 5 heteroatoms. The second-order valence-corrected chi connectivity index (χ2v) is 6.90. The van der Waals surface area contributed by atoms with Gasteiger partial charge in [-0.15, -0.1) is 0 Å². The molecule has 1 aromatic rings. The lowest BCUT2D eigenvalue weighted by atomic mass is 9.71. The fourth-order valence-corrected chi connectivity index (χ4v) is 4.00. The summed E-state index contributed by atoms with van der Waals surface area (Å²) in [6.45, 7) is 7.32. The monoisotopic (exact) mass is 269 g/mol. The molecule has 0 saturated carbocycles. The van der Waals surface area contributed by atoms with Gasteiger partial charge in [-0.3, -0.25) is 4.68 Å². The van der Waals surface area contributed by atoms with Gasteiger partial charge in [0.05, 0.1) is 5.60 Å². The zero-order valence-corrected chi connectivity index (χ0v) is 12.3. The average Bonchev–Trinajstić information content (AvgIpc) is 2.71. The van der Waals surface area contributed by atoms with E-state index in [4.69, 9.17) is 0 Å². The smallest absolute Gasteiger partial charge is 0.138 e. The predicted octanol–water partition coefficient (Wildman–Crippen LogP) is 2.12. The summed E-state index contributed by atoms with van der Waals surface area (Å²) in [4.78, 5) is 4.32. The van der Waals surface area contributed by atoms with Crippen LogP contribution in [0.15, 0.2) is 6.33 Å². The summed E-state index contributed by atoms with van der Waals surface area (Å²) in [5, 5.41) is 15.2. The summed E-state index contributed by atoms with van der Waals surface area (Å²) >= 11 is 1.84. The van der Waals surface area contributed by atoms with Crippen LogP contribution >= 0.6 is 11.8 Å². The zero-order chi connectivity index (χ0) is 13.2. The number of aliphatic hydroxyl groups is 1. The molecule has 4 nitrogen and oxygen atoms in total. The van der Waals surface area contributed by atoms with Crippen LogP contribution in [0.4, 0.5) is 0 Å². The summed E-state index contributed by atoms with van der Waals surface area (Å²) in [6, 6.07) is 0. The van der Waals surface area contributed by atoms with Crippen LogP contribution in [0.3, 0.4) is 0 Å². The molecule has 0 radical (unpaired) electrons. The van der Waals surface area contributed by atoms with Gasteiger partial charge in [0.25, 0.3) is 0 Å². The first-order valence-corrected chi connectivity index (χ1v) is 7.81. The molecular formula is C13H23N3OS. The molecule has 0 spiro atoms. The minimum absolute atomic E-state index is 0.0543. The van der Waals surface area contributed by atoms with Crippen molar-refractivity contribution in [2.45, 2.75) is 52.2 Å². The standard InChI is InChI=1S/C13H23N3OS/c1-4-6-16-11(14-10-15-16)8-13(17)9-18-7-5-12(13,2)3/h10,17H,4-9H2,1-3H3. The van der Waals surface area contributed by atoms with Gasteiger partial charge in [0.1, 0.15) is 12.2 Å². The quantitative estimate of drug-likeness (QED) is 0.909. The molecule has 102 valence electrons. The highest BCUT2D eigenvalue weighted by Gasteiger charge is 2.46. The number of thioether (sulfide) groups is 1. The maximum Gasteiger partial charge on any atom is 0.138 e. The van der Waals surface area contributed by atoms with E-state index >= 15 is 0 Å². The van der Waals surface area contributed by atoms with E-state index in [1.165, 1.54) is 0 Å². The van der Waals surface area contributed by atoms with Gasteiger partial charge < -0.3 is 5.11 Å². The first kappa shape index (κ1) is 13.9. The Labute approximate surface area is 113 Å². The average molecular weight is 269 g/mol. The van der Waals surface area contributed by atoms with Gasteiger partial charge in [-0.1, -0.05) is 20.8 Å². The summed E-state index contributed by atoms with van der Waals surface area (Å²) in [6.07, 6.45) is 4.29. The normalized spacial score (nSPS) is 27.3. The SMILES string of the molecule is CCCn1ncnc1CC1(O)CSCCC1(C)C. The lowest BCUT2D eigenvalue weighted by Gasteiger charge is -2.46. The molecule has 18 heavy (non-hydrogen) atoms. The first-order valence-electron chi connectivity index (χ1n) is 6.65. The predicted molar refractivity (Wildman–Crippen MR) is 74.7 cm³/mol. The molecule has 0 aromatic carbocycles.